The highest BCUT2D eigenvalue weighted by atomic mass is 19.4. The molecule has 3 aliphatic rings. The van der Waals surface area contributed by atoms with Crippen LogP contribution in [0.15, 0.2) is 97.3 Å². The minimum atomic E-state index is -5.94. The van der Waals surface area contributed by atoms with Gasteiger partial charge in [0.2, 0.25) is 17.4 Å². The first kappa shape index (κ1) is 28.8. The first-order chi connectivity index (χ1) is 21.6. The fourth-order valence-corrected chi connectivity index (χ4v) is 7.87. The van der Waals surface area contributed by atoms with Crippen LogP contribution in [0, 0.1) is 6.92 Å². The van der Waals surface area contributed by atoms with Gasteiger partial charge in [-0.05, 0) is 42.3 Å². The molecule has 0 bridgehead atoms. The van der Waals surface area contributed by atoms with E-state index in [4.69, 9.17) is 0 Å². The predicted molar refractivity (Wildman–Crippen MR) is 148 cm³/mol. The zero-order valence-corrected chi connectivity index (χ0v) is 23.7. The Labute approximate surface area is 256 Å². The number of alkyl halides is 9. The third kappa shape index (κ3) is 3.74. The molecule has 3 unspecified atom stereocenters. The third-order valence-corrected chi connectivity index (χ3v) is 9.47. The SMILES string of the molecule is Cc1ccc2[n+](c1)C1C(c3c-2cc(C(F)(F)F)c(C(F)(F)F)c3C(F)(F)F)C12c1ccccc1-c1ccc(-c3ccccc3)c[n+]12. The second kappa shape index (κ2) is 8.98. The molecule has 2 aromatic heterocycles. The maximum absolute atomic E-state index is 15.0. The van der Waals surface area contributed by atoms with E-state index >= 15 is 13.2 Å². The molecule has 3 aromatic carbocycles. The van der Waals surface area contributed by atoms with Gasteiger partial charge in [-0.2, -0.15) is 48.6 Å². The van der Waals surface area contributed by atoms with Gasteiger partial charge in [0.05, 0.1) is 27.8 Å². The summed E-state index contributed by atoms with van der Waals surface area (Å²) in [5, 5.41) is 0. The molecule has 232 valence electrons. The maximum Gasteiger partial charge on any atom is 0.417 e. The number of halogens is 9. The number of hydrogen-bond acceptors (Lipinski definition) is 0. The van der Waals surface area contributed by atoms with E-state index < -0.39 is 63.8 Å². The van der Waals surface area contributed by atoms with Crippen LogP contribution in [-0.4, -0.2) is 0 Å². The predicted octanol–water partition coefficient (Wildman–Crippen LogP) is 9.04. The molecule has 1 saturated carbocycles. The summed E-state index contributed by atoms with van der Waals surface area (Å²) in [5.41, 5.74) is -5.91. The molecule has 1 fully saturated rings. The highest BCUT2D eigenvalue weighted by Gasteiger charge is 2.87. The number of pyridine rings is 2. The quantitative estimate of drug-likeness (QED) is 0.128. The molecule has 0 radical (unpaired) electrons. The van der Waals surface area contributed by atoms with Crippen LogP contribution in [0.2, 0.25) is 0 Å². The van der Waals surface area contributed by atoms with Gasteiger partial charge in [0, 0.05) is 28.8 Å². The summed E-state index contributed by atoms with van der Waals surface area (Å²) in [7, 11) is 0. The summed E-state index contributed by atoms with van der Waals surface area (Å²) < 4.78 is 135. The molecule has 3 atom stereocenters. The Morgan fingerprint density at radius 3 is 1.93 bits per heavy atom. The summed E-state index contributed by atoms with van der Waals surface area (Å²) in [6.45, 7) is 1.74. The van der Waals surface area contributed by atoms with Crippen LogP contribution in [0.25, 0.3) is 33.6 Å². The van der Waals surface area contributed by atoms with Crippen molar-refractivity contribution >= 4 is 0 Å². The summed E-state index contributed by atoms with van der Waals surface area (Å²) in [5.74, 6) is -1.28. The van der Waals surface area contributed by atoms with Gasteiger partial charge < -0.3 is 0 Å². The van der Waals surface area contributed by atoms with Crippen LogP contribution in [-0.2, 0) is 24.1 Å². The third-order valence-electron chi connectivity index (χ3n) is 9.47. The molecule has 1 spiro atoms. The lowest BCUT2D eigenvalue weighted by molar-refractivity contribution is -0.771. The fourth-order valence-electron chi connectivity index (χ4n) is 7.87. The van der Waals surface area contributed by atoms with E-state index in [9.17, 15) is 26.3 Å². The van der Waals surface area contributed by atoms with Crippen molar-refractivity contribution in [3.63, 3.8) is 0 Å². The van der Waals surface area contributed by atoms with Gasteiger partial charge in [-0.3, -0.25) is 0 Å². The number of aromatic nitrogens is 2. The van der Waals surface area contributed by atoms with Crippen molar-refractivity contribution in [2.24, 2.45) is 0 Å². The molecule has 11 heteroatoms. The van der Waals surface area contributed by atoms with E-state index in [1.807, 2.05) is 47.0 Å². The number of fused-ring (bicyclic) bond motifs is 13. The van der Waals surface area contributed by atoms with Crippen molar-refractivity contribution in [3.05, 3.63) is 131 Å². The molecule has 2 aliphatic heterocycles. The molecule has 8 rings (SSSR count). The van der Waals surface area contributed by atoms with E-state index in [0.29, 0.717) is 27.9 Å². The Morgan fingerprint density at radius 2 is 1.26 bits per heavy atom. The monoisotopic (exact) mass is 640 g/mol. The number of rotatable bonds is 1. The first-order valence-electron chi connectivity index (χ1n) is 14.3. The number of nitrogens with zero attached hydrogens (tertiary/aromatic N) is 2. The molecule has 1 aliphatic carbocycles. The van der Waals surface area contributed by atoms with Gasteiger partial charge in [-0.25, -0.2) is 0 Å². The molecule has 46 heavy (non-hydrogen) atoms. The van der Waals surface area contributed by atoms with Gasteiger partial charge in [0.15, 0.2) is 12.4 Å². The Morgan fingerprint density at radius 1 is 0.609 bits per heavy atom. The van der Waals surface area contributed by atoms with Crippen LogP contribution >= 0.6 is 0 Å². The normalized spacial score (nSPS) is 20.9. The van der Waals surface area contributed by atoms with E-state index in [-0.39, 0.29) is 11.8 Å². The highest BCUT2D eigenvalue weighted by molar-refractivity contribution is 5.77. The second-order valence-corrected chi connectivity index (χ2v) is 12.0. The van der Waals surface area contributed by atoms with Gasteiger partial charge in [0.1, 0.15) is 5.92 Å². The Balaban J connectivity index is 1.53. The van der Waals surface area contributed by atoms with Gasteiger partial charge in [-0.15, -0.1) is 0 Å². The summed E-state index contributed by atoms with van der Waals surface area (Å²) in [6, 6.07) is 22.2. The first-order valence-corrected chi connectivity index (χ1v) is 14.3. The second-order valence-electron chi connectivity index (χ2n) is 12.0. The van der Waals surface area contributed by atoms with E-state index in [1.54, 1.807) is 48.1 Å². The van der Waals surface area contributed by atoms with Crippen molar-refractivity contribution in [3.8, 4) is 33.6 Å². The lowest BCUT2D eigenvalue weighted by atomic mass is 9.83. The van der Waals surface area contributed by atoms with Crippen molar-refractivity contribution in [1.82, 2.24) is 0 Å². The minimum Gasteiger partial charge on any atom is -0.187 e. The average molecular weight is 641 g/mol. The van der Waals surface area contributed by atoms with E-state index in [2.05, 4.69) is 0 Å². The zero-order chi connectivity index (χ0) is 32.6. The molecule has 0 saturated heterocycles. The molecule has 0 amide bonds. The largest absolute Gasteiger partial charge is 0.417 e. The molecular formula is C35H21F9N2+2. The molecule has 2 nitrogen and oxygen atoms in total. The van der Waals surface area contributed by atoms with Gasteiger partial charge in [0.25, 0.3) is 5.54 Å². The average Bonchev–Trinajstić information content (AvgIpc) is 3.61. The van der Waals surface area contributed by atoms with Crippen molar-refractivity contribution in [1.29, 1.82) is 0 Å². The molecule has 0 N–H and O–H groups in total. The van der Waals surface area contributed by atoms with E-state index in [1.165, 1.54) is 12.1 Å². The molecular weight excluding hydrogens is 619 g/mol. The minimum absolute atomic E-state index is 0.0193. The highest BCUT2D eigenvalue weighted by Crippen LogP contribution is 2.72. The van der Waals surface area contributed by atoms with E-state index in [0.717, 1.165) is 5.56 Å². The Bertz CT molecular complexity index is 2100. The van der Waals surface area contributed by atoms with Crippen LogP contribution in [0.4, 0.5) is 39.5 Å². The number of hydrogen-bond donors (Lipinski definition) is 0. The molecule has 4 heterocycles. The number of aryl methyl sites for hydroxylation is 1. The zero-order valence-electron chi connectivity index (χ0n) is 23.7. The van der Waals surface area contributed by atoms with Crippen LogP contribution in [0.5, 0.6) is 0 Å². The molecule has 5 aromatic rings. The summed E-state index contributed by atoms with van der Waals surface area (Å²) >= 11 is 0. The smallest absolute Gasteiger partial charge is 0.187 e. The topological polar surface area (TPSA) is 7.76 Å². The lowest BCUT2D eigenvalue weighted by Crippen LogP contribution is -2.51. The fraction of sp³-hybridized carbons (Fsp3) is 0.200. The Kier molecular flexibility index (Phi) is 5.62. The van der Waals surface area contributed by atoms with Crippen molar-refractivity contribution < 1.29 is 48.6 Å². The van der Waals surface area contributed by atoms with Crippen molar-refractivity contribution in [2.45, 2.75) is 43.0 Å². The Hall–Kier alpha value is -4.67. The van der Waals surface area contributed by atoms with Crippen LogP contribution in [0.1, 0.15) is 45.3 Å². The number of benzene rings is 3. The van der Waals surface area contributed by atoms with Gasteiger partial charge >= 0.3 is 18.5 Å². The standard InChI is InChI=1S/C35H21F9N2/c1-18-11-13-25-22-15-24(33(36,37)38)28(34(39,40)41)29(35(42,43)44)27(22)30-31(45(25)16-18)32(30)23-10-6-5-9-21(23)26-14-12-20(17-46(26)32)19-7-3-2-4-8-19/h2-17,30-31H,1H3/q+2. The van der Waals surface area contributed by atoms with Crippen LogP contribution < -0.4 is 9.13 Å². The maximum atomic E-state index is 15.0. The van der Waals surface area contributed by atoms with Crippen LogP contribution in [0.3, 0.4) is 0 Å². The van der Waals surface area contributed by atoms with Gasteiger partial charge in [-0.1, -0.05) is 48.5 Å². The van der Waals surface area contributed by atoms with Crippen molar-refractivity contribution in [2.75, 3.05) is 0 Å². The lowest BCUT2D eigenvalue weighted by Gasteiger charge is -2.26. The summed E-state index contributed by atoms with van der Waals surface area (Å²) in [4.78, 5) is 0. The summed E-state index contributed by atoms with van der Waals surface area (Å²) in [6.07, 6.45) is -14.0.